The van der Waals surface area contributed by atoms with Gasteiger partial charge < -0.3 is 20.6 Å². The Morgan fingerprint density at radius 1 is 1.44 bits per heavy atom. The summed E-state index contributed by atoms with van der Waals surface area (Å²) < 4.78 is 13.1. The number of rotatable bonds is 5. The maximum atomic E-state index is 13.1. The van der Waals surface area contributed by atoms with Gasteiger partial charge >= 0.3 is 0 Å². The molecule has 2 atom stereocenters. The summed E-state index contributed by atoms with van der Waals surface area (Å²) in [5.74, 6) is -0.921. The van der Waals surface area contributed by atoms with Gasteiger partial charge in [-0.3, -0.25) is 4.79 Å². The minimum absolute atomic E-state index is 0.107. The number of carbonyl (C=O) groups is 1. The van der Waals surface area contributed by atoms with Crippen molar-refractivity contribution < 1.29 is 24.5 Å². The van der Waals surface area contributed by atoms with Crippen molar-refractivity contribution in [3.05, 3.63) is 35.1 Å². The predicted octanol–water partition coefficient (Wildman–Crippen LogP) is -0.152. The largest absolute Gasteiger partial charge is 0.392 e. The van der Waals surface area contributed by atoms with E-state index in [1.165, 1.54) is 13.0 Å². The number of benzene rings is 1. The number of aliphatic hydroxyl groups is 3. The molecule has 0 aromatic heterocycles. The smallest absolute Gasteiger partial charge is 0.216 e. The van der Waals surface area contributed by atoms with Gasteiger partial charge in [-0.25, -0.2) is 4.39 Å². The van der Waals surface area contributed by atoms with E-state index in [0.717, 1.165) is 12.1 Å². The molecule has 0 fully saturated rings. The Bertz CT molecular complexity index is 425. The summed E-state index contributed by atoms with van der Waals surface area (Å²) in [7, 11) is 0. The zero-order chi connectivity index (χ0) is 13.7. The fraction of sp³-hybridized carbons (Fsp3) is 0.417. The van der Waals surface area contributed by atoms with E-state index in [2.05, 4.69) is 5.32 Å². The number of aliphatic hydroxyl groups excluding tert-OH is 3. The summed E-state index contributed by atoms with van der Waals surface area (Å²) in [6.45, 7) is 0.748. The summed E-state index contributed by atoms with van der Waals surface area (Å²) >= 11 is 0. The molecule has 1 rings (SSSR count). The van der Waals surface area contributed by atoms with E-state index in [4.69, 9.17) is 5.11 Å². The van der Waals surface area contributed by atoms with Crippen LogP contribution in [0.5, 0.6) is 0 Å². The molecule has 1 aromatic rings. The van der Waals surface area contributed by atoms with Crippen LogP contribution in [0.15, 0.2) is 18.2 Å². The third kappa shape index (κ3) is 3.76. The van der Waals surface area contributed by atoms with Crippen molar-refractivity contribution in [2.45, 2.75) is 25.7 Å². The van der Waals surface area contributed by atoms with Crippen molar-refractivity contribution in [3.63, 3.8) is 0 Å². The minimum atomic E-state index is -1.38. The van der Waals surface area contributed by atoms with Crippen molar-refractivity contribution in [3.8, 4) is 0 Å². The molecule has 5 nitrogen and oxygen atoms in total. The molecular weight excluding hydrogens is 241 g/mol. The first-order chi connectivity index (χ1) is 8.45. The summed E-state index contributed by atoms with van der Waals surface area (Å²) in [5, 5.41) is 30.9. The van der Waals surface area contributed by atoms with Gasteiger partial charge in [-0.1, -0.05) is 6.07 Å². The molecule has 1 aromatic carbocycles. The van der Waals surface area contributed by atoms with E-state index in [-0.39, 0.29) is 24.6 Å². The molecule has 0 heterocycles. The number of carbonyl (C=O) groups excluding carboxylic acids is 1. The maximum Gasteiger partial charge on any atom is 0.216 e. The van der Waals surface area contributed by atoms with Gasteiger partial charge in [-0.2, -0.15) is 0 Å². The molecule has 0 aliphatic rings. The molecule has 2 unspecified atom stereocenters. The van der Waals surface area contributed by atoms with E-state index >= 15 is 0 Å². The molecule has 4 N–H and O–H groups in total. The standard InChI is InChI=1S/C12H16FNO4/c1-7(16)14-5-11(17)12(18)10-4-9(13)3-2-8(10)6-15/h2-4,11-12,15,17-18H,5-6H2,1H3,(H,14,16). The maximum absolute atomic E-state index is 13.1. The Balaban J connectivity index is 2.84. The zero-order valence-electron chi connectivity index (χ0n) is 9.93. The molecule has 6 heteroatoms. The van der Waals surface area contributed by atoms with Crippen molar-refractivity contribution in [2.75, 3.05) is 6.54 Å². The van der Waals surface area contributed by atoms with Gasteiger partial charge in [0.05, 0.1) is 6.61 Å². The third-order valence-electron chi connectivity index (χ3n) is 2.52. The van der Waals surface area contributed by atoms with Crippen molar-refractivity contribution in [2.24, 2.45) is 0 Å². The number of amides is 1. The third-order valence-corrected chi connectivity index (χ3v) is 2.52. The summed E-state index contributed by atoms with van der Waals surface area (Å²) in [5.41, 5.74) is 0.432. The highest BCUT2D eigenvalue weighted by atomic mass is 19.1. The van der Waals surface area contributed by atoms with E-state index < -0.39 is 18.0 Å². The quantitative estimate of drug-likeness (QED) is 0.590. The van der Waals surface area contributed by atoms with Gasteiger partial charge in [0.25, 0.3) is 0 Å². The SMILES string of the molecule is CC(=O)NCC(O)C(O)c1cc(F)ccc1CO. The molecule has 0 saturated carbocycles. The van der Waals surface area contributed by atoms with Crippen LogP contribution in [0.25, 0.3) is 0 Å². The monoisotopic (exact) mass is 257 g/mol. The normalized spacial score (nSPS) is 14.1. The molecule has 0 radical (unpaired) electrons. The summed E-state index contributed by atoms with van der Waals surface area (Å²) in [6.07, 6.45) is -2.66. The van der Waals surface area contributed by atoms with E-state index in [1.54, 1.807) is 0 Å². The van der Waals surface area contributed by atoms with Crippen LogP contribution in [0.1, 0.15) is 24.2 Å². The highest BCUT2D eigenvalue weighted by Crippen LogP contribution is 2.22. The molecular formula is C12H16FNO4. The Labute approximate surface area is 104 Å². The van der Waals surface area contributed by atoms with E-state index in [0.29, 0.717) is 5.56 Å². The lowest BCUT2D eigenvalue weighted by Crippen LogP contribution is -2.34. The highest BCUT2D eigenvalue weighted by Gasteiger charge is 2.21. The fourth-order valence-electron chi connectivity index (χ4n) is 1.55. The fourth-order valence-corrected chi connectivity index (χ4v) is 1.55. The van der Waals surface area contributed by atoms with Gasteiger partial charge in [-0.05, 0) is 23.3 Å². The van der Waals surface area contributed by atoms with Crippen LogP contribution >= 0.6 is 0 Å². The van der Waals surface area contributed by atoms with Crippen LogP contribution in [-0.4, -0.2) is 33.9 Å². The molecule has 0 aliphatic carbocycles. The summed E-state index contributed by atoms with van der Waals surface area (Å²) in [4.78, 5) is 10.7. The van der Waals surface area contributed by atoms with Gasteiger partial charge in [-0.15, -0.1) is 0 Å². The second kappa shape index (κ2) is 6.44. The Hall–Kier alpha value is -1.50. The van der Waals surface area contributed by atoms with Crippen LogP contribution < -0.4 is 5.32 Å². The first kappa shape index (κ1) is 14.6. The molecule has 0 saturated heterocycles. The van der Waals surface area contributed by atoms with Crippen LogP contribution in [0, 0.1) is 5.82 Å². The average molecular weight is 257 g/mol. The van der Waals surface area contributed by atoms with Crippen LogP contribution in [-0.2, 0) is 11.4 Å². The predicted molar refractivity (Wildman–Crippen MR) is 62.0 cm³/mol. The average Bonchev–Trinajstić information content (AvgIpc) is 2.34. The molecule has 18 heavy (non-hydrogen) atoms. The van der Waals surface area contributed by atoms with Crippen molar-refractivity contribution in [1.82, 2.24) is 5.32 Å². The summed E-state index contributed by atoms with van der Waals surface area (Å²) in [6, 6.07) is 3.54. The van der Waals surface area contributed by atoms with Crippen molar-refractivity contribution >= 4 is 5.91 Å². The van der Waals surface area contributed by atoms with Crippen molar-refractivity contribution in [1.29, 1.82) is 0 Å². The first-order valence-electron chi connectivity index (χ1n) is 5.45. The zero-order valence-corrected chi connectivity index (χ0v) is 9.93. The number of nitrogens with one attached hydrogen (secondary N) is 1. The second-order valence-corrected chi connectivity index (χ2v) is 3.95. The molecule has 0 bridgehead atoms. The second-order valence-electron chi connectivity index (χ2n) is 3.95. The van der Waals surface area contributed by atoms with Gasteiger partial charge in [0.1, 0.15) is 18.0 Å². The Morgan fingerprint density at radius 2 is 2.11 bits per heavy atom. The van der Waals surface area contributed by atoms with E-state index in [1.807, 2.05) is 0 Å². The van der Waals surface area contributed by atoms with Gasteiger partial charge in [0, 0.05) is 13.5 Å². The highest BCUT2D eigenvalue weighted by molar-refractivity contribution is 5.72. The van der Waals surface area contributed by atoms with Crippen LogP contribution in [0.4, 0.5) is 4.39 Å². The Kier molecular flexibility index (Phi) is 5.21. The van der Waals surface area contributed by atoms with Gasteiger partial charge in [0.2, 0.25) is 5.91 Å². The first-order valence-corrected chi connectivity index (χ1v) is 5.45. The minimum Gasteiger partial charge on any atom is -0.392 e. The van der Waals surface area contributed by atoms with E-state index in [9.17, 15) is 19.4 Å². The van der Waals surface area contributed by atoms with Crippen LogP contribution in [0.2, 0.25) is 0 Å². The number of hydrogen-bond acceptors (Lipinski definition) is 4. The molecule has 100 valence electrons. The number of hydrogen-bond donors (Lipinski definition) is 4. The lowest BCUT2D eigenvalue weighted by atomic mass is 9.98. The lowest BCUT2D eigenvalue weighted by Gasteiger charge is -2.20. The van der Waals surface area contributed by atoms with Gasteiger partial charge in [0.15, 0.2) is 0 Å². The topological polar surface area (TPSA) is 89.8 Å². The number of halogens is 1. The Morgan fingerprint density at radius 3 is 2.67 bits per heavy atom. The molecule has 1 amide bonds. The molecule has 0 spiro atoms. The van der Waals surface area contributed by atoms with Crippen LogP contribution in [0.3, 0.4) is 0 Å². The lowest BCUT2D eigenvalue weighted by molar-refractivity contribution is -0.119. The molecule has 0 aliphatic heterocycles.